The van der Waals surface area contributed by atoms with E-state index in [1.807, 2.05) is 41.5 Å². The molecule has 33 heavy (non-hydrogen) atoms. The molecule has 0 aliphatic carbocycles. The van der Waals surface area contributed by atoms with Crippen LogP contribution in [0.5, 0.6) is 0 Å². The minimum absolute atomic E-state index is 0.0476. The quantitative estimate of drug-likeness (QED) is 0.550. The smallest absolute Gasteiger partial charge is 0.328 e. The third-order valence-corrected chi connectivity index (χ3v) is 6.39. The molecule has 0 aromatic rings. The van der Waals surface area contributed by atoms with Gasteiger partial charge in [0, 0.05) is 12.8 Å². The first-order chi connectivity index (χ1) is 15.6. The number of esters is 1. The molecule has 0 radical (unpaired) electrons. The van der Waals surface area contributed by atoms with E-state index in [1.54, 1.807) is 0 Å². The van der Waals surface area contributed by atoms with Gasteiger partial charge in [-0.15, -0.1) is 0 Å². The van der Waals surface area contributed by atoms with Crippen molar-refractivity contribution in [2.45, 2.75) is 111 Å². The lowest BCUT2D eigenvalue weighted by Crippen LogP contribution is -2.55. The number of carbonyl (C=O) groups is 4. The molecule has 1 saturated heterocycles. The van der Waals surface area contributed by atoms with Crippen molar-refractivity contribution in [2.75, 3.05) is 6.61 Å². The van der Waals surface area contributed by atoms with Crippen LogP contribution in [-0.2, 0) is 23.9 Å². The van der Waals surface area contributed by atoms with Crippen LogP contribution in [0.1, 0.15) is 92.9 Å². The predicted molar refractivity (Wildman–Crippen MR) is 128 cm³/mol. The molecule has 1 fully saturated rings. The summed E-state index contributed by atoms with van der Waals surface area (Å²) in [6.07, 6.45) is 5.75. The van der Waals surface area contributed by atoms with Gasteiger partial charge in [0.05, 0.1) is 6.04 Å². The third kappa shape index (κ3) is 10.6. The van der Waals surface area contributed by atoms with E-state index in [9.17, 15) is 19.2 Å². The number of carbonyl (C=O) groups excluding carboxylic acids is 4. The van der Waals surface area contributed by atoms with Crippen molar-refractivity contribution in [2.24, 2.45) is 17.8 Å². The van der Waals surface area contributed by atoms with Gasteiger partial charge >= 0.3 is 5.97 Å². The number of nitrogens with one attached hydrogen (secondary N) is 3. The predicted octanol–water partition coefficient (Wildman–Crippen LogP) is 3.09. The fourth-order valence-electron chi connectivity index (χ4n) is 3.74. The summed E-state index contributed by atoms with van der Waals surface area (Å²) in [5.74, 6) is -1.30. The van der Waals surface area contributed by atoms with Crippen molar-refractivity contribution in [1.82, 2.24) is 16.0 Å². The average Bonchev–Trinajstić information content (AvgIpc) is 2.75. The monoisotopic (exact) mass is 467 g/mol. The Hall–Kier alpha value is -2.12. The van der Waals surface area contributed by atoms with E-state index in [-0.39, 0.29) is 48.1 Å². The highest BCUT2D eigenvalue weighted by molar-refractivity contribution is 5.91. The molecule has 3 amide bonds. The Morgan fingerprint density at radius 3 is 1.82 bits per heavy atom. The molecule has 1 aliphatic heterocycles. The first-order valence-electron chi connectivity index (χ1n) is 12.6. The van der Waals surface area contributed by atoms with Crippen molar-refractivity contribution in [3.8, 4) is 0 Å². The molecule has 1 aliphatic rings. The first-order valence-corrected chi connectivity index (χ1v) is 12.6. The largest absolute Gasteiger partial charge is 0.462 e. The zero-order chi connectivity index (χ0) is 25.0. The van der Waals surface area contributed by atoms with Crippen LogP contribution in [0.15, 0.2) is 0 Å². The molecule has 3 N–H and O–H groups in total. The van der Waals surface area contributed by atoms with Crippen molar-refractivity contribution in [1.29, 1.82) is 0 Å². The Labute approximate surface area is 199 Å². The molecule has 8 nitrogen and oxygen atoms in total. The number of hydrogen-bond donors (Lipinski definition) is 3. The molecule has 0 bridgehead atoms. The molecule has 1 rings (SSSR count). The van der Waals surface area contributed by atoms with Gasteiger partial charge in [-0.3, -0.25) is 14.4 Å². The number of cyclic esters (lactones) is 1. The van der Waals surface area contributed by atoms with Gasteiger partial charge in [0.2, 0.25) is 17.7 Å². The molecule has 0 saturated carbocycles. The molecule has 8 heteroatoms. The van der Waals surface area contributed by atoms with Crippen LogP contribution < -0.4 is 16.0 Å². The molecule has 0 aromatic heterocycles. The van der Waals surface area contributed by atoms with Crippen LogP contribution in [-0.4, -0.2) is 48.4 Å². The van der Waals surface area contributed by atoms with Gasteiger partial charge in [-0.1, -0.05) is 67.2 Å². The second-order valence-electron chi connectivity index (χ2n) is 9.98. The maximum absolute atomic E-state index is 13.0. The van der Waals surface area contributed by atoms with Crippen LogP contribution in [0.3, 0.4) is 0 Å². The lowest BCUT2D eigenvalue weighted by atomic mass is 9.97. The second-order valence-corrected chi connectivity index (χ2v) is 9.98. The minimum atomic E-state index is -0.828. The standard InChI is InChI=1S/C25H45N3O5/c1-7-18(6)23-25(32)33-15-19(16(2)3)26-20(29)13-11-9-8-10-12-14-21(30)27-22(17(4)5)24(31)28-23/h16-19,22-23H,7-15H2,1-6H3,(H,26,29)(H,27,30)(H,28,31)/t18-,19+,22-,23-/m0/s1. The van der Waals surface area contributed by atoms with Crippen molar-refractivity contribution >= 4 is 23.7 Å². The minimum Gasteiger partial charge on any atom is -0.462 e. The number of rotatable bonds is 4. The SMILES string of the molecule is CC[C@H](C)[C@@H]1NC(=O)[C@H](C(C)C)NC(=O)CCCCCCCC(=O)N[C@@H](C(C)C)COC1=O. The first kappa shape index (κ1) is 28.9. The highest BCUT2D eigenvalue weighted by Gasteiger charge is 2.32. The van der Waals surface area contributed by atoms with Crippen LogP contribution in [0.2, 0.25) is 0 Å². The second kappa shape index (κ2) is 14.9. The van der Waals surface area contributed by atoms with E-state index in [0.717, 1.165) is 32.1 Å². The van der Waals surface area contributed by atoms with Gasteiger partial charge < -0.3 is 20.7 Å². The highest BCUT2D eigenvalue weighted by Crippen LogP contribution is 2.14. The van der Waals surface area contributed by atoms with Gasteiger partial charge in [-0.25, -0.2) is 4.79 Å². The molecular formula is C25H45N3O5. The van der Waals surface area contributed by atoms with Crippen molar-refractivity contribution < 1.29 is 23.9 Å². The Morgan fingerprint density at radius 1 is 0.758 bits per heavy atom. The van der Waals surface area contributed by atoms with Gasteiger partial charge in [0.25, 0.3) is 0 Å². The third-order valence-electron chi connectivity index (χ3n) is 6.39. The van der Waals surface area contributed by atoms with Gasteiger partial charge in [0.1, 0.15) is 18.7 Å². The summed E-state index contributed by atoms with van der Waals surface area (Å²) < 4.78 is 5.57. The van der Waals surface area contributed by atoms with E-state index >= 15 is 0 Å². The maximum atomic E-state index is 13.0. The van der Waals surface area contributed by atoms with Crippen LogP contribution in [0.25, 0.3) is 0 Å². The summed E-state index contributed by atoms with van der Waals surface area (Å²) in [6, 6.07) is -1.84. The Bertz CT molecular complexity index is 650. The molecule has 1 heterocycles. The van der Waals surface area contributed by atoms with Gasteiger partial charge in [0.15, 0.2) is 0 Å². The molecular weight excluding hydrogens is 422 g/mol. The summed E-state index contributed by atoms with van der Waals surface area (Å²) >= 11 is 0. The van der Waals surface area contributed by atoms with E-state index in [0.29, 0.717) is 19.3 Å². The Balaban J connectivity index is 3.05. The normalized spacial score (nSPS) is 26.4. The van der Waals surface area contributed by atoms with Crippen LogP contribution in [0.4, 0.5) is 0 Å². The lowest BCUT2D eigenvalue weighted by Gasteiger charge is -2.28. The number of ether oxygens (including phenoxy) is 1. The van der Waals surface area contributed by atoms with E-state index < -0.39 is 18.1 Å². The lowest BCUT2D eigenvalue weighted by molar-refractivity contribution is -0.151. The van der Waals surface area contributed by atoms with E-state index in [2.05, 4.69) is 16.0 Å². The molecule has 4 atom stereocenters. The zero-order valence-electron chi connectivity index (χ0n) is 21.4. The van der Waals surface area contributed by atoms with Crippen LogP contribution in [0, 0.1) is 17.8 Å². The molecule has 0 spiro atoms. The summed E-state index contributed by atoms with van der Waals surface area (Å²) in [4.78, 5) is 50.8. The Kier molecular flexibility index (Phi) is 13.1. The average molecular weight is 468 g/mol. The summed E-state index contributed by atoms with van der Waals surface area (Å²) in [5, 5.41) is 8.65. The van der Waals surface area contributed by atoms with Crippen molar-refractivity contribution in [3.63, 3.8) is 0 Å². The summed E-state index contributed by atoms with van der Waals surface area (Å²) in [6.45, 7) is 11.6. The fourth-order valence-corrected chi connectivity index (χ4v) is 3.74. The summed E-state index contributed by atoms with van der Waals surface area (Å²) in [7, 11) is 0. The highest BCUT2D eigenvalue weighted by atomic mass is 16.5. The summed E-state index contributed by atoms with van der Waals surface area (Å²) in [5.41, 5.74) is 0. The molecule has 190 valence electrons. The Morgan fingerprint density at radius 2 is 1.30 bits per heavy atom. The van der Waals surface area contributed by atoms with E-state index in [1.165, 1.54) is 0 Å². The van der Waals surface area contributed by atoms with E-state index in [4.69, 9.17) is 4.74 Å². The topological polar surface area (TPSA) is 114 Å². The van der Waals surface area contributed by atoms with Crippen LogP contribution >= 0.6 is 0 Å². The fraction of sp³-hybridized carbons (Fsp3) is 0.840. The molecule has 0 aromatic carbocycles. The number of amides is 3. The van der Waals surface area contributed by atoms with Gasteiger partial charge in [-0.05, 0) is 30.6 Å². The van der Waals surface area contributed by atoms with Crippen molar-refractivity contribution in [3.05, 3.63) is 0 Å². The zero-order valence-corrected chi connectivity index (χ0v) is 21.4. The number of hydrogen-bond acceptors (Lipinski definition) is 5. The van der Waals surface area contributed by atoms with Gasteiger partial charge in [-0.2, -0.15) is 0 Å². The molecule has 0 unspecified atom stereocenters. The maximum Gasteiger partial charge on any atom is 0.328 e.